The summed E-state index contributed by atoms with van der Waals surface area (Å²) in [4.78, 5) is 0. The minimum absolute atomic E-state index is 1.17. The molecule has 0 saturated heterocycles. The molecule has 0 spiro atoms. The fraction of sp³-hybridized carbons (Fsp3) is 1.00. The molecular formula is C9H21Br. The Hall–Kier alpha value is 0.480. The van der Waals surface area contributed by atoms with E-state index in [1.54, 1.807) is 0 Å². The second-order valence-corrected chi connectivity index (χ2v) is 3.25. The van der Waals surface area contributed by atoms with Crippen LogP contribution in [0.15, 0.2) is 0 Å². The Morgan fingerprint density at radius 1 is 0.900 bits per heavy atom. The zero-order valence-corrected chi connectivity index (χ0v) is 9.21. The quantitative estimate of drug-likeness (QED) is 0.476. The van der Waals surface area contributed by atoms with Crippen LogP contribution in [0.2, 0.25) is 0 Å². The zero-order valence-electron chi connectivity index (χ0n) is 7.62. The molecule has 0 unspecified atom stereocenters. The summed E-state index contributed by atoms with van der Waals surface area (Å²) in [5.41, 5.74) is 0. The fourth-order valence-corrected chi connectivity index (χ4v) is 0.918. The molecule has 0 aliphatic rings. The summed E-state index contributed by atoms with van der Waals surface area (Å²) < 4.78 is 0. The lowest BCUT2D eigenvalue weighted by Crippen LogP contribution is -1.73. The van der Waals surface area contributed by atoms with E-state index in [0.29, 0.717) is 0 Å². The maximum Gasteiger partial charge on any atom is 0.00313 e. The maximum atomic E-state index is 3.38. The maximum absolute atomic E-state index is 3.38. The molecule has 0 amide bonds. The average Bonchev–Trinajstić information content (AvgIpc) is 1.91. The van der Waals surface area contributed by atoms with Crippen LogP contribution in [-0.4, -0.2) is 5.33 Å². The molecule has 0 aliphatic heterocycles. The van der Waals surface area contributed by atoms with Crippen LogP contribution >= 0.6 is 15.9 Å². The molecule has 10 heavy (non-hydrogen) atoms. The third kappa shape index (κ3) is 23.6. The number of unbranched alkanes of at least 4 members (excludes halogenated alkanes) is 3. The minimum Gasteiger partial charge on any atom is -0.0928 e. The molecule has 0 bridgehead atoms. The molecule has 0 aromatic rings. The van der Waals surface area contributed by atoms with Crippen molar-refractivity contribution in [3.63, 3.8) is 0 Å². The van der Waals surface area contributed by atoms with Crippen LogP contribution in [0.25, 0.3) is 0 Å². The predicted molar refractivity (Wildman–Crippen MR) is 53.9 cm³/mol. The first-order valence-electron chi connectivity index (χ1n) is 4.39. The van der Waals surface area contributed by atoms with Gasteiger partial charge in [0, 0.05) is 5.33 Å². The Balaban J connectivity index is 0. The monoisotopic (exact) mass is 208 g/mol. The molecule has 0 aromatic heterocycles. The molecule has 1 heteroatoms. The van der Waals surface area contributed by atoms with Crippen molar-refractivity contribution in [1.29, 1.82) is 0 Å². The van der Waals surface area contributed by atoms with Crippen molar-refractivity contribution in [2.75, 3.05) is 5.33 Å². The minimum atomic E-state index is 1.17. The first-order chi connectivity index (χ1) is 4.83. The second-order valence-electron chi connectivity index (χ2n) is 2.46. The Kier molecular flexibility index (Phi) is 21.3. The molecule has 0 nitrogen and oxygen atoms in total. The second kappa shape index (κ2) is 16.2. The van der Waals surface area contributed by atoms with Gasteiger partial charge in [0.15, 0.2) is 0 Å². The van der Waals surface area contributed by atoms with Gasteiger partial charge in [-0.1, -0.05) is 62.4 Å². The first-order valence-corrected chi connectivity index (χ1v) is 5.51. The summed E-state index contributed by atoms with van der Waals surface area (Å²) in [6, 6.07) is 0. The van der Waals surface area contributed by atoms with E-state index in [0.717, 1.165) is 0 Å². The van der Waals surface area contributed by atoms with Gasteiger partial charge < -0.3 is 0 Å². The van der Waals surface area contributed by atoms with Crippen LogP contribution in [-0.2, 0) is 0 Å². The van der Waals surface area contributed by atoms with Gasteiger partial charge in [-0.2, -0.15) is 0 Å². The van der Waals surface area contributed by atoms with E-state index < -0.39 is 0 Å². The van der Waals surface area contributed by atoms with Crippen molar-refractivity contribution in [1.82, 2.24) is 0 Å². The van der Waals surface area contributed by atoms with Crippen molar-refractivity contribution in [3.8, 4) is 0 Å². The summed E-state index contributed by atoms with van der Waals surface area (Å²) in [5, 5.41) is 1.17. The van der Waals surface area contributed by atoms with Gasteiger partial charge in [0.25, 0.3) is 0 Å². The van der Waals surface area contributed by atoms with Crippen LogP contribution in [0, 0.1) is 0 Å². The SMILES string of the molecule is CCC.CCCCCCBr. The van der Waals surface area contributed by atoms with E-state index >= 15 is 0 Å². The van der Waals surface area contributed by atoms with Crippen molar-refractivity contribution in [2.24, 2.45) is 0 Å². The summed E-state index contributed by atoms with van der Waals surface area (Å²) in [5.74, 6) is 0. The van der Waals surface area contributed by atoms with Crippen molar-refractivity contribution in [3.05, 3.63) is 0 Å². The summed E-state index contributed by atoms with van der Waals surface area (Å²) >= 11 is 3.38. The Morgan fingerprint density at radius 2 is 1.40 bits per heavy atom. The van der Waals surface area contributed by atoms with E-state index in [1.165, 1.54) is 37.4 Å². The van der Waals surface area contributed by atoms with E-state index in [2.05, 4.69) is 36.7 Å². The van der Waals surface area contributed by atoms with Crippen molar-refractivity contribution < 1.29 is 0 Å². The van der Waals surface area contributed by atoms with Gasteiger partial charge in [0.2, 0.25) is 0 Å². The van der Waals surface area contributed by atoms with Gasteiger partial charge in [-0.3, -0.25) is 0 Å². The molecule has 0 aromatic carbocycles. The van der Waals surface area contributed by atoms with E-state index in [1.807, 2.05) is 0 Å². The van der Waals surface area contributed by atoms with Gasteiger partial charge in [0.1, 0.15) is 0 Å². The molecule has 0 atom stereocenters. The number of alkyl halides is 1. The van der Waals surface area contributed by atoms with Crippen LogP contribution in [0.1, 0.15) is 52.9 Å². The Labute approximate surface area is 74.5 Å². The smallest absolute Gasteiger partial charge is 0.00313 e. The van der Waals surface area contributed by atoms with Crippen LogP contribution < -0.4 is 0 Å². The molecule has 0 N–H and O–H groups in total. The third-order valence-electron chi connectivity index (χ3n) is 0.987. The highest BCUT2D eigenvalue weighted by Gasteiger charge is 1.81. The van der Waals surface area contributed by atoms with Crippen LogP contribution in [0.3, 0.4) is 0 Å². The van der Waals surface area contributed by atoms with Gasteiger partial charge in [-0.15, -0.1) is 0 Å². The van der Waals surface area contributed by atoms with Crippen LogP contribution in [0.4, 0.5) is 0 Å². The number of halogens is 1. The highest BCUT2D eigenvalue weighted by atomic mass is 79.9. The zero-order chi connectivity index (χ0) is 8.24. The number of hydrogen-bond acceptors (Lipinski definition) is 0. The van der Waals surface area contributed by atoms with Gasteiger partial charge in [-0.25, -0.2) is 0 Å². The molecule has 0 aliphatic carbocycles. The fourth-order valence-electron chi connectivity index (χ4n) is 0.521. The molecule has 0 radical (unpaired) electrons. The highest BCUT2D eigenvalue weighted by molar-refractivity contribution is 9.09. The lowest BCUT2D eigenvalue weighted by Gasteiger charge is -1.89. The number of rotatable bonds is 4. The average molecular weight is 209 g/mol. The van der Waals surface area contributed by atoms with Gasteiger partial charge >= 0.3 is 0 Å². The van der Waals surface area contributed by atoms with Crippen molar-refractivity contribution >= 4 is 15.9 Å². The van der Waals surface area contributed by atoms with Crippen molar-refractivity contribution in [2.45, 2.75) is 52.9 Å². The van der Waals surface area contributed by atoms with E-state index in [4.69, 9.17) is 0 Å². The van der Waals surface area contributed by atoms with Gasteiger partial charge in [-0.05, 0) is 6.42 Å². The van der Waals surface area contributed by atoms with E-state index in [-0.39, 0.29) is 0 Å². The lowest BCUT2D eigenvalue weighted by atomic mass is 10.2. The number of hydrogen-bond donors (Lipinski definition) is 0. The van der Waals surface area contributed by atoms with Crippen LogP contribution in [0.5, 0.6) is 0 Å². The highest BCUT2D eigenvalue weighted by Crippen LogP contribution is 1.99. The lowest BCUT2D eigenvalue weighted by molar-refractivity contribution is 0.708. The standard InChI is InChI=1S/C6H13Br.C3H8/c1-2-3-4-5-6-7;1-3-2/h2-6H2,1H3;3H2,1-2H3. The largest absolute Gasteiger partial charge is 0.0928 e. The summed E-state index contributed by atoms with van der Waals surface area (Å²) in [6.07, 6.45) is 6.72. The predicted octanol–water partition coefficient (Wildman–Crippen LogP) is 4.38. The molecule has 64 valence electrons. The summed E-state index contributed by atoms with van der Waals surface area (Å²) in [7, 11) is 0. The third-order valence-corrected chi connectivity index (χ3v) is 1.55. The first kappa shape index (κ1) is 13.1. The summed E-state index contributed by atoms with van der Waals surface area (Å²) in [6.45, 7) is 6.48. The normalized spacial score (nSPS) is 8.40. The topological polar surface area (TPSA) is 0 Å². The molecule has 0 rings (SSSR count). The van der Waals surface area contributed by atoms with E-state index in [9.17, 15) is 0 Å². The Bertz CT molecular complexity index is 31.7. The Morgan fingerprint density at radius 3 is 1.70 bits per heavy atom. The molecule has 0 saturated carbocycles. The molecular weight excluding hydrogens is 188 g/mol. The molecule has 0 heterocycles. The van der Waals surface area contributed by atoms with Gasteiger partial charge in [0.05, 0.1) is 0 Å². The molecule has 0 fully saturated rings.